The van der Waals surface area contributed by atoms with Gasteiger partial charge in [0.1, 0.15) is 12.3 Å². The van der Waals surface area contributed by atoms with E-state index in [9.17, 15) is 0 Å². The molecule has 1 aromatic heterocycles. The largest absolute Gasteiger partial charge is 0.444 e. The summed E-state index contributed by atoms with van der Waals surface area (Å²) in [6.07, 6.45) is 1.88. The fourth-order valence-corrected chi connectivity index (χ4v) is 3.69. The fourth-order valence-electron chi connectivity index (χ4n) is 3.50. The van der Waals surface area contributed by atoms with E-state index in [1.807, 2.05) is 26.0 Å². The number of oxazole rings is 1. The Kier molecular flexibility index (Phi) is 6.97. The molecule has 1 fully saturated rings. The predicted molar refractivity (Wildman–Crippen MR) is 112 cm³/mol. The van der Waals surface area contributed by atoms with E-state index >= 15 is 0 Å². The number of ether oxygens (including phenoxy) is 1. The maximum atomic E-state index is 6.27. The van der Waals surface area contributed by atoms with Crippen molar-refractivity contribution in [1.29, 1.82) is 0 Å². The highest BCUT2D eigenvalue weighted by Gasteiger charge is 2.34. The van der Waals surface area contributed by atoms with Gasteiger partial charge in [-0.2, -0.15) is 0 Å². The number of benzene rings is 1. The first kappa shape index (κ1) is 20.7. The van der Waals surface area contributed by atoms with Crippen LogP contribution in [0.3, 0.4) is 0 Å². The van der Waals surface area contributed by atoms with Crippen LogP contribution in [0, 0.1) is 13.8 Å². The minimum absolute atomic E-state index is 0.0323. The molecular weight excluding hydrogens is 376 g/mol. The summed E-state index contributed by atoms with van der Waals surface area (Å²) >= 11 is 6.27. The normalized spacial score (nSPS) is 16.8. The molecule has 0 aliphatic carbocycles. The molecule has 1 aliphatic heterocycles. The van der Waals surface area contributed by atoms with E-state index in [1.165, 1.54) is 5.56 Å². The van der Waals surface area contributed by atoms with Crippen LogP contribution in [0.25, 0.3) is 0 Å². The highest BCUT2D eigenvalue weighted by molar-refractivity contribution is 6.30. The maximum absolute atomic E-state index is 6.27. The van der Waals surface area contributed by atoms with Gasteiger partial charge < -0.3 is 19.8 Å². The third-order valence-electron chi connectivity index (χ3n) is 5.27. The Hall–Kier alpha value is -2.05. The predicted octanol–water partition coefficient (Wildman–Crippen LogP) is 3.75. The highest BCUT2D eigenvalue weighted by atomic mass is 35.5. The van der Waals surface area contributed by atoms with Gasteiger partial charge in [0.2, 0.25) is 5.89 Å². The van der Waals surface area contributed by atoms with Crippen LogP contribution in [0.4, 0.5) is 0 Å². The van der Waals surface area contributed by atoms with Gasteiger partial charge in [-0.3, -0.25) is 0 Å². The molecule has 28 heavy (non-hydrogen) atoms. The third-order valence-corrected chi connectivity index (χ3v) is 5.51. The first-order chi connectivity index (χ1) is 13.5. The molecule has 0 amide bonds. The van der Waals surface area contributed by atoms with Crippen molar-refractivity contribution in [3.8, 4) is 0 Å². The van der Waals surface area contributed by atoms with Crippen LogP contribution >= 0.6 is 11.6 Å². The Morgan fingerprint density at radius 3 is 2.68 bits per heavy atom. The molecule has 0 unspecified atom stereocenters. The first-order valence-corrected chi connectivity index (χ1v) is 10.2. The summed E-state index contributed by atoms with van der Waals surface area (Å²) in [5.74, 6) is 2.22. The summed E-state index contributed by atoms with van der Waals surface area (Å²) in [6.45, 7) is 9.34. The SMILES string of the molecule is CCNC(=NCc1nc(C)c(C)o1)NCC1(c2cccc(Cl)c2)CCOCC1. The molecule has 2 heterocycles. The average Bonchev–Trinajstić information content (AvgIpc) is 3.02. The number of hydrogen-bond acceptors (Lipinski definition) is 4. The minimum atomic E-state index is -0.0323. The van der Waals surface area contributed by atoms with Crippen molar-refractivity contribution in [2.24, 2.45) is 4.99 Å². The summed E-state index contributed by atoms with van der Waals surface area (Å²) in [4.78, 5) is 9.05. The van der Waals surface area contributed by atoms with Gasteiger partial charge in [0.25, 0.3) is 0 Å². The number of halogens is 1. The molecule has 1 saturated heterocycles. The van der Waals surface area contributed by atoms with E-state index in [4.69, 9.17) is 20.8 Å². The Bertz CT molecular complexity index is 793. The third kappa shape index (κ3) is 5.06. The molecule has 0 saturated carbocycles. The van der Waals surface area contributed by atoms with Crippen molar-refractivity contribution in [2.75, 3.05) is 26.3 Å². The molecule has 3 rings (SSSR count). The van der Waals surface area contributed by atoms with Crippen LogP contribution in [-0.2, 0) is 16.7 Å². The standard InChI is InChI=1S/C21H29ClN4O2/c1-4-23-20(24-13-19-26-15(2)16(3)28-19)25-14-21(8-10-27-11-9-21)17-6-5-7-18(22)12-17/h5-7,12H,4,8-11,13-14H2,1-3H3,(H2,23,24,25). The molecule has 0 radical (unpaired) electrons. The van der Waals surface area contributed by atoms with Crippen LogP contribution < -0.4 is 10.6 Å². The molecular formula is C21H29ClN4O2. The van der Waals surface area contributed by atoms with Crippen molar-refractivity contribution >= 4 is 17.6 Å². The summed E-state index contributed by atoms with van der Waals surface area (Å²) in [7, 11) is 0. The highest BCUT2D eigenvalue weighted by Crippen LogP contribution is 2.35. The smallest absolute Gasteiger partial charge is 0.216 e. The second-order valence-electron chi connectivity index (χ2n) is 7.20. The lowest BCUT2D eigenvalue weighted by Crippen LogP contribution is -2.48. The van der Waals surface area contributed by atoms with Gasteiger partial charge in [-0.25, -0.2) is 9.98 Å². The van der Waals surface area contributed by atoms with E-state index in [0.29, 0.717) is 12.4 Å². The summed E-state index contributed by atoms with van der Waals surface area (Å²) in [5.41, 5.74) is 2.12. The maximum Gasteiger partial charge on any atom is 0.216 e. The Labute approximate surface area is 171 Å². The van der Waals surface area contributed by atoms with Crippen molar-refractivity contribution in [2.45, 2.75) is 45.6 Å². The van der Waals surface area contributed by atoms with Gasteiger partial charge in [-0.1, -0.05) is 23.7 Å². The molecule has 2 aromatic rings. The van der Waals surface area contributed by atoms with Gasteiger partial charge in [0, 0.05) is 36.7 Å². The van der Waals surface area contributed by atoms with Gasteiger partial charge in [-0.05, 0) is 51.3 Å². The van der Waals surface area contributed by atoms with Gasteiger partial charge >= 0.3 is 0 Å². The number of aliphatic imine (C=N–C) groups is 1. The molecule has 0 bridgehead atoms. The first-order valence-electron chi connectivity index (χ1n) is 9.81. The van der Waals surface area contributed by atoms with Crippen molar-refractivity contribution in [3.63, 3.8) is 0 Å². The summed E-state index contributed by atoms with van der Waals surface area (Å²) in [6, 6.07) is 8.15. The van der Waals surface area contributed by atoms with E-state index < -0.39 is 0 Å². The van der Waals surface area contributed by atoms with Gasteiger partial charge in [0.05, 0.1) is 5.69 Å². The fraction of sp³-hybridized carbons (Fsp3) is 0.524. The second-order valence-corrected chi connectivity index (χ2v) is 7.64. The van der Waals surface area contributed by atoms with Crippen LogP contribution in [0.15, 0.2) is 33.7 Å². The lowest BCUT2D eigenvalue weighted by Gasteiger charge is -2.38. The van der Waals surface area contributed by atoms with E-state index in [0.717, 1.165) is 61.6 Å². The Balaban J connectivity index is 1.74. The second kappa shape index (κ2) is 9.43. The number of nitrogens with zero attached hydrogens (tertiary/aromatic N) is 2. The molecule has 6 nitrogen and oxygen atoms in total. The van der Waals surface area contributed by atoms with Crippen LogP contribution in [0.5, 0.6) is 0 Å². The summed E-state index contributed by atoms with van der Waals surface area (Å²) in [5, 5.41) is 7.58. The zero-order chi connectivity index (χ0) is 20.0. The monoisotopic (exact) mass is 404 g/mol. The quantitative estimate of drug-likeness (QED) is 0.566. The van der Waals surface area contributed by atoms with Crippen molar-refractivity contribution < 1.29 is 9.15 Å². The van der Waals surface area contributed by atoms with Crippen LogP contribution in [0.2, 0.25) is 5.02 Å². The number of aryl methyl sites for hydroxylation is 2. The molecule has 152 valence electrons. The molecule has 1 aromatic carbocycles. The van der Waals surface area contributed by atoms with Gasteiger partial charge in [-0.15, -0.1) is 0 Å². The zero-order valence-corrected chi connectivity index (χ0v) is 17.6. The number of nitrogens with one attached hydrogen (secondary N) is 2. The number of hydrogen-bond donors (Lipinski definition) is 2. The molecule has 2 N–H and O–H groups in total. The van der Waals surface area contributed by atoms with Crippen LogP contribution in [0.1, 0.15) is 42.7 Å². The van der Waals surface area contributed by atoms with Crippen molar-refractivity contribution in [3.05, 3.63) is 52.2 Å². The van der Waals surface area contributed by atoms with E-state index in [-0.39, 0.29) is 5.41 Å². The zero-order valence-electron chi connectivity index (χ0n) is 16.8. The van der Waals surface area contributed by atoms with Crippen molar-refractivity contribution in [1.82, 2.24) is 15.6 Å². The number of guanidine groups is 1. The topological polar surface area (TPSA) is 71.7 Å². The lowest BCUT2D eigenvalue weighted by atomic mass is 9.74. The molecule has 7 heteroatoms. The van der Waals surface area contributed by atoms with Gasteiger partial charge in [0.15, 0.2) is 5.96 Å². The summed E-state index contributed by atoms with van der Waals surface area (Å²) < 4.78 is 11.3. The Morgan fingerprint density at radius 1 is 1.25 bits per heavy atom. The molecule has 0 atom stereocenters. The Morgan fingerprint density at radius 2 is 2.04 bits per heavy atom. The average molecular weight is 405 g/mol. The van der Waals surface area contributed by atoms with E-state index in [1.54, 1.807) is 0 Å². The number of rotatable bonds is 6. The lowest BCUT2D eigenvalue weighted by molar-refractivity contribution is 0.0514. The molecule has 0 spiro atoms. The molecule has 1 aliphatic rings. The minimum Gasteiger partial charge on any atom is -0.444 e. The van der Waals surface area contributed by atoms with E-state index in [2.05, 4.69) is 39.7 Å². The van der Waals surface area contributed by atoms with Crippen LogP contribution in [-0.4, -0.2) is 37.2 Å². The number of aromatic nitrogens is 1.